The van der Waals surface area contributed by atoms with Crippen LogP contribution < -0.4 is 4.74 Å². The third-order valence-corrected chi connectivity index (χ3v) is 5.40. The highest BCUT2D eigenvalue weighted by molar-refractivity contribution is 7.09. The molecule has 3 aromatic rings. The Hall–Kier alpha value is -2.73. The number of benzene rings is 2. The first-order chi connectivity index (χ1) is 13.6. The molecule has 0 aliphatic carbocycles. The summed E-state index contributed by atoms with van der Waals surface area (Å²) < 4.78 is 19.8. The maximum Gasteiger partial charge on any atom is 0.257 e. The van der Waals surface area contributed by atoms with Crippen LogP contribution in [0.4, 0.5) is 4.39 Å². The average molecular weight is 399 g/mol. The zero-order valence-corrected chi connectivity index (χ0v) is 16.8. The summed E-state index contributed by atoms with van der Waals surface area (Å²) in [4.78, 5) is 19.2. The van der Waals surface area contributed by atoms with E-state index >= 15 is 0 Å². The van der Waals surface area contributed by atoms with Crippen molar-refractivity contribution in [2.24, 2.45) is 0 Å². The van der Waals surface area contributed by atoms with Crippen LogP contribution in [0.15, 0.2) is 60.0 Å². The number of halogens is 1. The van der Waals surface area contributed by atoms with Gasteiger partial charge in [0.1, 0.15) is 23.2 Å². The Morgan fingerprint density at radius 1 is 1.18 bits per heavy atom. The highest BCUT2D eigenvalue weighted by atomic mass is 32.1. The first-order valence-corrected chi connectivity index (χ1v) is 10.1. The number of para-hydroxylation sites is 1. The number of hydrogen-bond donors (Lipinski definition) is 0. The SMILES string of the molecule is CCC(C)N(Cc1csc(COc2ccccc2)n1)C(=O)c1ccccc1F. The maximum atomic E-state index is 14.1. The zero-order valence-electron chi connectivity index (χ0n) is 16.0. The Morgan fingerprint density at radius 2 is 1.89 bits per heavy atom. The fourth-order valence-electron chi connectivity index (χ4n) is 2.76. The molecule has 1 atom stereocenters. The molecule has 0 N–H and O–H groups in total. The Balaban J connectivity index is 1.70. The minimum absolute atomic E-state index is 0.0298. The van der Waals surface area contributed by atoms with Gasteiger partial charge in [-0.25, -0.2) is 9.37 Å². The van der Waals surface area contributed by atoms with E-state index in [-0.39, 0.29) is 17.5 Å². The monoisotopic (exact) mass is 398 g/mol. The topological polar surface area (TPSA) is 42.4 Å². The molecule has 0 aliphatic heterocycles. The van der Waals surface area contributed by atoms with Gasteiger partial charge in [-0.1, -0.05) is 37.3 Å². The molecule has 1 aromatic heterocycles. The van der Waals surface area contributed by atoms with E-state index in [0.29, 0.717) is 13.2 Å². The standard InChI is InChI=1S/C22H23FN2O2S/c1-3-16(2)25(22(26)19-11-7-8-12-20(19)23)13-17-15-28-21(24-17)14-27-18-9-5-4-6-10-18/h4-12,15-16H,3,13-14H2,1-2H3. The molecule has 6 heteroatoms. The summed E-state index contributed by atoms with van der Waals surface area (Å²) in [6, 6.07) is 15.6. The number of carbonyl (C=O) groups is 1. The second-order valence-electron chi connectivity index (χ2n) is 6.50. The molecule has 0 saturated carbocycles. The van der Waals surface area contributed by atoms with Gasteiger partial charge in [0, 0.05) is 11.4 Å². The highest BCUT2D eigenvalue weighted by Crippen LogP contribution is 2.20. The lowest BCUT2D eigenvalue weighted by Gasteiger charge is -2.28. The predicted molar refractivity (Wildman–Crippen MR) is 109 cm³/mol. The van der Waals surface area contributed by atoms with E-state index in [1.54, 1.807) is 17.0 Å². The fraction of sp³-hybridized carbons (Fsp3) is 0.273. The summed E-state index contributed by atoms with van der Waals surface area (Å²) >= 11 is 1.49. The third-order valence-electron chi connectivity index (χ3n) is 4.53. The molecule has 0 spiro atoms. The van der Waals surface area contributed by atoms with E-state index in [0.717, 1.165) is 22.9 Å². The Kier molecular flexibility index (Phi) is 6.76. The molecule has 3 rings (SSSR count). The summed E-state index contributed by atoms with van der Waals surface area (Å²) in [6.07, 6.45) is 0.772. The molecule has 1 amide bonds. The lowest BCUT2D eigenvalue weighted by molar-refractivity contribution is 0.0664. The molecule has 0 bridgehead atoms. The smallest absolute Gasteiger partial charge is 0.257 e. The van der Waals surface area contributed by atoms with Crippen molar-refractivity contribution in [2.75, 3.05) is 0 Å². The van der Waals surface area contributed by atoms with E-state index < -0.39 is 5.82 Å². The van der Waals surface area contributed by atoms with Crippen LogP contribution in [-0.4, -0.2) is 21.8 Å². The van der Waals surface area contributed by atoms with Gasteiger partial charge in [-0.05, 0) is 37.6 Å². The Labute approximate surface area is 168 Å². The number of aromatic nitrogens is 1. The number of nitrogens with zero attached hydrogens (tertiary/aromatic N) is 2. The van der Waals surface area contributed by atoms with Crippen molar-refractivity contribution >= 4 is 17.2 Å². The summed E-state index contributed by atoms with van der Waals surface area (Å²) in [7, 11) is 0. The molecule has 0 radical (unpaired) electrons. The van der Waals surface area contributed by atoms with Gasteiger partial charge in [-0.15, -0.1) is 11.3 Å². The van der Waals surface area contributed by atoms with Crippen molar-refractivity contribution < 1.29 is 13.9 Å². The molecule has 4 nitrogen and oxygen atoms in total. The lowest BCUT2D eigenvalue weighted by atomic mass is 10.1. The second-order valence-corrected chi connectivity index (χ2v) is 7.45. The van der Waals surface area contributed by atoms with Gasteiger partial charge in [-0.3, -0.25) is 4.79 Å². The largest absolute Gasteiger partial charge is 0.486 e. The van der Waals surface area contributed by atoms with Gasteiger partial charge in [-0.2, -0.15) is 0 Å². The van der Waals surface area contributed by atoms with Crippen molar-refractivity contribution in [1.29, 1.82) is 0 Å². The number of hydrogen-bond acceptors (Lipinski definition) is 4. The van der Waals surface area contributed by atoms with E-state index in [9.17, 15) is 9.18 Å². The summed E-state index contributed by atoms with van der Waals surface area (Å²) in [6.45, 7) is 4.68. The molecule has 146 valence electrons. The predicted octanol–water partition coefficient (Wildman–Crippen LogP) is 5.30. The normalized spacial score (nSPS) is 11.8. The van der Waals surface area contributed by atoms with Gasteiger partial charge in [0.2, 0.25) is 0 Å². The minimum Gasteiger partial charge on any atom is -0.486 e. The van der Waals surface area contributed by atoms with Crippen LogP contribution in [-0.2, 0) is 13.2 Å². The van der Waals surface area contributed by atoms with E-state index in [1.165, 1.54) is 23.5 Å². The Morgan fingerprint density at radius 3 is 2.61 bits per heavy atom. The van der Waals surface area contributed by atoms with E-state index in [2.05, 4.69) is 4.98 Å². The number of rotatable bonds is 8. The molecule has 0 fully saturated rings. The van der Waals surface area contributed by atoms with Crippen LogP contribution in [0.2, 0.25) is 0 Å². The number of thiazole rings is 1. The molecule has 1 heterocycles. The second kappa shape index (κ2) is 9.46. The van der Waals surface area contributed by atoms with Crippen molar-refractivity contribution in [1.82, 2.24) is 9.88 Å². The Bertz CT molecular complexity index is 914. The fourth-order valence-corrected chi connectivity index (χ4v) is 3.46. The van der Waals surface area contributed by atoms with Crippen LogP contribution in [0.5, 0.6) is 5.75 Å². The van der Waals surface area contributed by atoms with E-state index in [1.807, 2.05) is 49.6 Å². The van der Waals surface area contributed by atoms with Gasteiger partial charge in [0.15, 0.2) is 0 Å². The first kappa shape index (κ1) is 20.0. The molecule has 0 aliphatic rings. The summed E-state index contributed by atoms with van der Waals surface area (Å²) in [5.41, 5.74) is 0.868. The van der Waals surface area contributed by atoms with Gasteiger partial charge in [0.25, 0.3) is 5.91 Å². The van der Waals surface area contributed by atoms with Crippen LogP contribution in [0, 0.1) is 5.82 Å². The molecular formula is C22H23FN2O2S. The molecule has 28 heavy (non-hydrogen) atoms. The first-order valence-electron chi connectivity index (χ1n) is 9.25. The molecular weight excluding hydrogens is 375 g/mol. The van der Waals surface area contributed by atoms with Crippen LogP contribution >= 0.6 is 11.3 Å². The van der Waals surface area contributed by atoms with Gasteiger partial charge < -0.3 is 9.64 Å². The van der Waals surface area contributed by atoms with Gasteiger partial charge >= 0.3 is 0 Å². The van der Waals surface area contributed by atoms with E-state index in [4.69, 9.17) is 4.74 Å². The van der Waals surface area contributed by atoms with Crippen molar-refractivity contribution in [3.8, 4) is 5.75 Å². The summed E-state index contributed by atoms with van der Waals surface area (Å²) in [5, 5.41) is 2.76. The molecule has 2 aromatic carbocycles. The zero-order chi connectivity index (χ0) is 19.9. The average Bonchev–Trinajstić information content (AvgIpc) is 3.18. The number of carbonyl (C=O) groups excluding carboxylic acids is 1. The van der Waals surface area contributed by atoms with Crippen molar-refractivity contribution in [3.63, 3.8) is 0 Å². The van der Waals surface area contributed by atoms with Crippen LogP contribution in [0.1, 0.15) is 41.3 Å². The molecule has 1 unspecified atom stereocenters. The number of amides is 1. The van der Waals surface area contributed by atoms with Crippen molar-refractivity contribution in [3.05, 3.63) is 82.1 Å². The lowest BCUT2D eigenvalue weighted by Crippen LogP contribution is -2.38. The highest BCUT2D eigenvalue weighted by Gasteiger charge is 2.24. The minimum atomic E-state index is -0.504. The molecule has 0 saturated heterocycles. The van der Waals surface area contributed by atoms with Crippen LogP contribution in [0.25, 0.3) is 0 Å². The quantitative estimate of drug-likeness (QED) is 0.517. The summed E-state index contributed by atoms with van der Waals surface area (Å²) in [5.74, 6) is -0.0335. The van der Waals surface area contributed by atoms with Gasteiger partial charge in [0.05, 0.1) is 17.8 Å². The number of ether oxygens (including phenoxy) is 1. The van der Waals surface area contributed by atoms with Crippen LogP contribution in [0.3, 0.4) is 0 Å². The third kappa shape index (κ3) is 4.95. The van der Waals surface area contributed by atoms with Crippen molar-refractivity contribution in [2.45, 2.75) is 39.5 Å². The maximum absolute atomic E-state index is 14.1.